The van der Waals surface area contributed by atoms with Gasteiger partial charge in [0.05, 0.1) is 12.2 Å². The molecule has 5 nitrogen and oxygen atoms in total. The molecule has 1 aromatic heterocycles. The van der Waals surface area contributed by atoms with E-state index in [0.29, 0.717) is 31.1 Å². The van der Waals surface area contributed by atoms with Crippen LogP contribution in [0.2, 0.25) is 0 Å². The lowest BCUT2D eigenvalue weighted by Gasteiger charge is -2.08. The Bertz CT molecular complexity index is 328. The van der Waals surface area contributed by atoms with E-state index in [2.05, 4.69) is 10.3 Å². The van der Waals surface area contributed by atoms with Crippen molar-refractivity contribution < 1.29 is 9.53 Å². The highest BCUT2D eigenvalue weighted by atomic mass is 16.5. The fourth-order valence-electron chi connectivity index (χ4n) is 1.13. The minimum absolute atomic E-state index is 0.397. The summed E-state index contributed by atoms with van der Waals surface area (Å²) in [7, 11) is 0. The van der Waals surface area contributed by atoms with E-state index < -0.39 is 5.91 Å². The minimum atomic E-state index is -0.484. The first kappa shape index (κ1) is 11.5. The Hall–Kier alpha value is -1.62. The number of nitrogens with two attached hydrogens (primary N) is 1. The summed E-state index contributed by atoms with van der Waals surface area (Å²) >= 11 is 0. The minimum Gasteiger partial charge on any atom is -0.380 e. The number of primary amides is 1. The van der Waals surface area contributed by atoms with Gasteiger partial charge in [-0.3, -0.25) is 4.79 Å². The normalized spacial score (nSPS) is 9.93. The molecule has 0 atom stereocenters. The molecule has 1 aromatic rings. The molecule has 82 valence electrons. The second-order valence-electron chi connectivity index (χ2n) is 2.89. The number of carbonyl (C=O) groups is 1. The monoisotopic (exact) mass is 209 g/mol. The van der Waals surface area contributed by atoms with Gasteiger partial charge in [0.1, 0.15) is 5.82 Å². The zero-order chi connectivity index (χ0) is 11.1. The summed E-state index contributed by atoms with van der Waals surface area (Å²) < 4.78 is 5.15. The van der Waals surface area contributed by atoms with E-state index in [0.717, 1.165) is 0 Å². The van der Waals surface area contributed by atoms with Gasteiger partial charge >= 0.3 is 0 Å². The van der Waals surface area contributed by atoms with Crippen LogP contribution in [0, 0.1) is 0 Å². The maximum atomic E-state index is 11.0. The second kappa shape index (κ2) is 5.98. The van der Waals surface area contributed by atoms with E-state index in [1.54, 1.807) is 18.3 Å². The first-order chi connectivity index (χ1) is 7.25. The van der Waals surface area contributed by atoms with E-state index in [1.807, 2.05) is 6.92 Å². The lowest BCUT2D eigenvalue weighted by Crippen LogP contribution is -2.17. The average Bonchev–Trinajstić information content (AvgIpc) is 2.25. The van der Waals surface area contributed by atoms with Crippen LogP contribution in [0.4, 0.5) is 5.82 Å². The number of nitrogens with one attached hydrogen (secondary N) is 1. The van der Waals surface area contributed by atoms with Crippen molar-refractivity contribution in [2.75, 3.05) is 25.1 Å². The topological polar surface area (TPSA) is 77.2 Å². The number of carbonyl (C=O) groups excluding carboxylic acids is 1. The van der Waals surface area contributed by atoms with Crippen molar-refractivity contribution in [3.8, 4) is 0 Å². The fourth-order valence-corrected chi connectivity index (χ4v) is 1.13. The molecule has 0 saturated heterocycles. The van der Waals surface area contributed by atoms with Crippen molar-refractivity contribution in [2.24, 2.45) is 5.73 Å². The van der Waals surface area contributed by atoms with Crippen molar-refractivity contribution >= 4 is 11.7 Å². The molecule has 0 saturated carbocycles. The number of amides is 1. The van der Waals surface area contributed by atoms with Gasteiger partial charge in [0.15, 0.2) is 0 Å². The average molecular weight is 209 g/mol. The number of anilines is 1. The van der Waals surface area contributed by atoms with Crippen LogP contribution in [0.5, 0.6) is 0 Å². The molecule has 1 rings (SSSR count). The number of rotatable bonds is 6. The number of aromatic nitrogens is 1. The molecule has 0 bridgehead atoms. The van der Waals surface area contributed by atoms with Gasteiger partial charge in [0, 0.05) is 19.3 Å². The van der Waals surface area contributed by atoms with E-state index in [1.165, 1.54) is 0 Å². The molecule has 0 aliphatic carbocycles. The Labute approximate surface area is 88.6 Å². The van der Waals surface area contributed by atoms with Gasteiger partial charge in [-0.05, 0) is 19.1 Å². The molecule has 3 N–H and O–H groups in total. The summed E-state index contributed by atoms with van der Waals surface area (Å²) in [6.45, 7) is 3.78. The van der Waals surface area contributed by atoms with Gasteiger partial charge in [-0.1, -0.05) is 0 Å². The summed E-state index contributed by atoms with van der Waals surface area (Å²) in [4.78, 5) is 15.1. The second-order valence-corrected chi connectivity index (χ2v) is 2.89. The number of nitrogens with zero attached hydrogens (tertiary/aromatic N) is 1. The molecule has 5 heteroatoms. The van der Waals surface area contributed by atoms with Gasteiger partial charge < -0.3 is 15.8 Å². The Morgan fingerprint density at radius 1 is 1.67 bits per heavy atom. The molecule has 1 amide bonds. The highest BCUT2D eigenvalue weighted by Gasteiger charge is 2.07. The highest BCUT2D eigenvalue weighted by molar-refractivity contribution is 5.97. The van der Waals surface area contributed by atoms with E-state index >= 15 is 0 Å². The number of ether oxygens (including phenoxy) is 1. The van der Waals surface area contributed by atoms with Gasteiger partial charge in [-0.25, -0.2) is 4.98 Å². The Kier molecular flexibility index (Phi) is 4.56. The fraction of sp³-hybridized carbons (Fsp3) is 0.400. The molecule has 0 aliphatic rings. The van der Waals surface area contributed by atoms with Crippen LogP contribution < -0.4 is 11.1 Å². The van der Waals surface area contributed by atoms with E-state index in [9.17, 15) is 4.79 Å². The summed E-state index contributed by atoms with van der Waals surface area (Å²) in [6, 6.07) is 3.31. The van der Waals surface area contributed by atoms with Crippen LogP contribution in [0.15, 0.2) is 18.3 Å². The molecular weight excluding hydrogens is 194 g/mol. The van der Waals surface area contributed by atoms with E-state index in [-0.39, 0.29) is 0 Å². The summed E-state index contributed by atoms with van der Waals surface area (Å²) in [5, 5.41) is 2.99. The highest BCUT2D eigenvalue weighted by Crippen LogP contribution is 2.09. The first-order valence-corrected chi connectivity index (χ1v) is 4.82. The third-order valence-corrected chi connectivity index (χ3v) is 1.82. The largest absolute Gasteiger partial charge is 0.380 e. The molecule has 0 unspecified atom stereocenters. The number of pyridine rings is 1. The van der Waals surface area contributed by atoms with Crippen LogP contribution >= 0.6 is 0 Å². The standard InChI is InChI=1S/C10H15N3O2/c1-2-15-7-6-13-10-8(9(11)14)4-3-5-12-10/h3-5H,2,6-7H2,1H3,(H2,11,14)(H,12,13). The Balaban J connectivity index is 2.56. The molecule has 0 aromatic carbocycles. The molecule has 0 radical (unpaired) electrons. The van der Waals surface area contributed by atoms with Gasteiger partial charge in [0.2, 0.25) is 0 Å². The predicted molar refractivity (Wildman–Crippen MR) is 57.7 cm³/mol. The SMILES string of the molecule is CCOCCNc1ncccc1C(N)=O. The van der Waals surface area contributed by atoms with Crippen molar-refractivity contribution in [2.45, 2.75) is 6.92 Å². The van der Waals surface area contributed by atoms with Crippen LogP contribution in [0.25, 0.3) is 0 Å². The van der Waals surface area contributed by atoms with Gasteiger partial charge in [0.25, 0.3) is 5.91 Å². The van der Waals surface area contributed by atoms with Crippen LogP contribution in [0.1, 0.15) is 17.3 Å². The summed E-state index contributed by atoms with van der Waals surface area (Å²) in [5.74, 6) is 0.0201. The lowest BCUT2D eigenvalue weighted by molar-refractivity contribution is 0.100. The molecular formula is C10H15N3O2. The van der Waals surface area contributed by atoms with Gasteiger partial charge in [-0.15, -0.1) is 0 Å². The third-order valence-electron chi connectivity index (χ3n) is 1.82. The summed E-state index contributed by atoms with van der Waals surface area (Å²) in [6.07, 6.45) is 1.61. The van der Waals surface area contributed by atoms with Crippen LogP contribution in [0.3, 0.4) is 0 Å². The molecule has 0 aliphatic heterocycles. The summed E-state index contributed by atoms with van der Waals surface area (Å²) in [5.41, 5.74) is 5.59. The molecule has 15 heavy (non-hydrogen) atoms. The van der Waals surface area contributed by atoms with Crippen molar-refractivity contribution in [3.05, 3.63) is 23.9 Å². The number of hydrogen-bond donors (Lipinski definition) is 2. The van der Waals surface area contributed by atoms with Crippen molar-refractivity contribution in [3.63, 3.8) is 0 Å². The zero-order valence-electron chi connectivity index (χ0n) is 8.69. The Morgan fingerprint density at radius 3 is 3.13 bits per heavy atom. The molecule has 1 heterocycles. The predicted octanol–water partition coefficient (Wildman–Crippen LogP) is 0.629. The third kappa shape index (κ3) is 3.55. The van der Waals surface area contributed by atoms with Gasteiger partial charge in [-0.2, -0.15) is 0 Å². The molecule has 0 fully saturated rings. The number of hydrogen-bond acceptors (Lipinski definition) is 4. The maximum absolute atomic E-state index is 11.0. The smallest absolute Gasteiger partial charge is 0.252 e. The Morgan fingerprint density at radius 2 is 2.47 bits per heavy atom. The van der Waals surface area contributed by atoms with Crippen LogP contribution in [-0.4, -0.2) is 30.6 Å². The van der Waals surface area contributed by atoms with Crippen LogP contribution in [-0.2, 0) is 4.74 Å². The van der Waals surface area contributed by atoms with E-state index in [4.69, 9.17) is 10.5 Å². The first-order valence-electron chi connectivity index (χ1n) is 4.82. The van der Waals surface area contributed by atoms with Crippen molar-refractivity contribution in [1.82, 2.24) is 4.98 Å². The molecule has 0 spiro atoms. The van der Waals surface area contributed by atoms with Crippen molar-refractivity contribution in [1.29, 1.82) is 0 Å². The quantitative estimate of drug-likeness (QED) is 0.674. The lowest BCUT2D eigenvalue weighted by atomic mass is 10.2. The maximum Gasteiger partial charge on any atom is 0.252 e. The zero-order valence-corrected chi connectivity index (χ0v) is 8.69.